The van der Waals surface area contributed by atoms with Crippen molar-refractivity contribution in [3.8, 4) is 0 Å². The van der Waals surface area contributed by atoms with Gasteiger partial charge in [0.1, 0.15) is 0 Å². The predicted molar refractivity (Wildman–Crippen MR) is 60.5 cm³/mol. The molecule has 6 heteroatoms. The van der Waals surface area contributed by atoms with Crippen LogP contribution in [0.3, 0.4) is 0 Å². The lowest BCUT2D eigenvalue weighted by Gasteiger charge is -2.08. The Morgan fingerprint density at radius 3 is 2.71 bits per heavy atom. The Bertz CT molecular complexity index is 393. The van der Waals surface area contributed by atoms with Crippen LogP contribution in [0.1, 0.15) is 18.9 Å². The molecule has 0 saturated carbocycles. The number of nitrogens with one attached hydrogen (secondary N) is 1. The zero-order chi connectivity index (χ0) is 12.9. The van der Waals surface area contributed by atoms with Crippen molar-refractivity contribution in [2.45, 2.75) is 30.3 Å². The molecule has 0 bridgehead atoms. The third-order valence-corrected chi connectivity index (χ3v) is 2.66. The van der Waals surface area contributed by atoms with Crippen LogP contribution in [0.4, 0.5) is 13.2 Å². The number of hydrogen-bond donors (Lipinski definition) is 1. The van der Waals surface area contributed by atoms with Gasteiger partial charge in [0, 0.05) is 17.9 Å². The highest BCUT2D eigenvalue weighted by molar-refractivity contribution is 8.00. The number of thioether (sulfide) groups is 1. The predicted octanol–water partition coefficient (Wildman–Crippen LogP) is 3.32. The summed E-state index contributed by atoms with van der Waals surface area (Å²) in [6.45, 7) is 1.96. The van der Waals surface area contributed by atoms with Crippen LogP contribution in [-0.4, -0.2) is 11.4 Å². The number of hydrogen-bond acceptors (Lipinski definition) is 2. The van der Waals surface area contributed by atoms with Crippen LogP contribution in [0.5, 0.6) is 0 Å². The lowest BCUT2D eigenvalue weighted by atomic mass is 10.2. The Kier molecular flexibility index (Phi) is 4.86. The van der Waals surface area contributed by atoms with Gasteiger partial charge in [-0.1, -0.05) is 19.1 Å². The maximum absolute atomic E-state index is 12.1. The standard InChI is InChI=1S/C11H12F3NOS/c1-2-10(16)15-7-8-4-3-5-9(6-8)17-11(12,13)14/h3-6H,2,7H2,1H3,(H,15,16). The SMILES string of the molecule is CCC(=O)NCc1cccc(SC(F)(F)F)c1. The van der Waals surface area contributed by atoms with E-state index in [4.69, 9.17) is 0 Å². The van der Waals surface area contributed by atoms with E-state index in [-0.39, 0.29) is 29.1 Å². The lowest BCUT2D eigenvalue weighted by Crippen LogP contribution is -2.21. The smallest absolute Gasteiger partial charge is 0.352 e. The van der Waals surface area contributed by atoms with Crippen LogP contribution in [0.15, 0.2) is 29.2 Å². The molecular weight excluding hydrogens is 251 g/mol. The highest BCUT2D eigenvalue weighted by Gasteiger charge is 2.29. The molecule has 1 N–H and O–H groups in total. The van der Waals surface area contributed by atoms with Gasteiger partial charge in [0.25, 0.3) is 0 Å². The summed E-state index contributed by atoms with van der Waals surface area (Å²) in [5.41, 5.74) is -3.63. The van der Waals surface area contributed by atoms with E-state index in [1.165, 1.54) is 12.1 Å². The first-order chi connectivity index (χ1) is 7.90. The van der Waals surface area contributed by atoms with E-state index in [1.54, 1.807) is 19.1 Å². The Morgan fingerprint density at radius 1 is 1.41 bits per heavy atom. The quantitative estimate of drug-likeness (QED) is 0.844. The summed E-state index contributed by atoms with van der Waals surface area (Å²) in [7, 11) is 0. The fourth-order valence-electron chi connectivity index (χ4n) is 1.18. The minimum Gasteiger partial charge on any atom is -0.352 e. The van der Waals surface area contributed by atoms with Crippen molar-refractivity contribution >= 4 is 17.7 Å². The van der Waals surface area contributed by atoms with Gasteiger partial charge in [0.15, 0.2) is 0 Å². The summed E-state index contributed by atoms with van der Waals surface area (Å²) < 4.78 is 36.4. The molecular formula is C11H12F3NOS. The maximum Gasteiger partial charge on any atom is 0.446 e. The third kappa shape index (κ3) is 5.63. The second kappa shape index (κ2) is 5.95. The molecule has 0 aliphatic heterocycles. The first-order valence-electron chi connectivity index (χ1n) is 5.02. The van der Waals surface area contributed by atoms with Crippen molar-refractivity contribution in [1.82, 2.24) is 5.32 Å². The van der Waals surface area contributed by atoms with Crippen LogP contribution in [-0.2, 0) is 11.3 Å². The monoisotopic (exact) mass is 263 g/mol. The van der Waals surface area contributed by atoms with E-state index < -0.39 is 5.51 Å². The summed E-state index contributed by atoms with van der Waals surface area (Å²) in [5.74, 6) is -0.126. The van der Waals surface area contributed by atoms with E-state index in [2.05, 4.69) is 5.32 Å². The second-order valence-corrected chi connectivity index (χ2v) is 4.46. The van der Waals surface area contributed by atoms with Gasteiger partial charge in [-0.15, -0.1) is 0 Å². The van der Waals surface area contributed by atoms with Crippen molar-refractivity contribution in [3.05, 3.63) is 29.8 Å². The maximum atomic E-state index is 12.1. The summed E-state index contributed by atoms with van der Waals surface area (Å²) in [5, 5.41) is 2.61. The van der Waals surface area contributed by atoms with Crippen molar-refractivity contribution in [3.63, 3.8) is 0 Å². The van der Waals surface area contributed by atoms with Crippen molar-refractivity contribution in [1.29, 1.82) is 0 Å². The largest absolute Gasteiger partial charge is 0.446 e. The van der Waals surface area contributed by atoms with E-state index in [0.29, 0.717) is 12.0 Å². The minimum atomic E-state index is -4.29. The van der Waals surface area contributed by atoms with Crippen LogP contribution in [0.25, 0.3) is 0 Å². The van der Waals surface area contributed by atoms with Crippen LogP contribution in [0.2, 0.25) is 0 Å². The van der Waals surface area contributed by atoms with E-state index in [1.807, 2.05) is 0 Å². The Labute approximate surface area is 102 Å². The third-order valence-electron chi connectivity index (χ3n) is 1.94. The van der Waals surface area contributed by atoms with Gasteiger partial charge in [-0.3, -0.25) is 4.79 Å². The lowest BCUT2D eigenvalue weighted by molar-refractivity contribution is -0.120. The van der Waals surface area contributed by atoms with Crippen molar-refractivity contribution in [2.24, 2.45) is 0 Å². The number of benzene rings is 1. The number of carbonyl (C=O) groups excluding carboxylic acids is 1. The number of rotatable bonds is 4. The van der Waals surface area contributed by atoms with Crippen molar-refractivity contribution in [2.75, 3.05) is 0 Å². The zero-order valence-electron chi connectivity index (χ0n) is 9.17. The molecule has 1 rings (SSSR count). The number of amides is 1. The van der Waals surface area contributed by atoms with Gasteiger partial charge in [-0.25, -0.2) is 0 Å². The number of carbonyl (C=O) groups is 1. The fourth-order valence-corrected chi connectivity index (χ4v) is 1.80. The molecule has 0 aliphatic carbocycles. The number of alkyl halides is 3. The highest BCUT2D eigenvalue weighted by atomic mass is 32.2. The molecule has 1 amide bonds. The second-order valence-electron chi connectivity index (χ2n) is 3.33. The Hall–Kier alpha value is -1.17. The van der Waals surface area contributed by atoms with Gasteiger partial charge in [0.05, 0.1) is 0 Å². The van der Waals surface area contributed by atoms with E-state index in [0.717, 1.165) is 0 Å². The zero-order valence-corrected chi connectivity index (χ0v) is 9.99. The van der Waals surface area contributed by atoms with E-state index in [9.17, 15) is 18.0 Å². The Balaban J connectivity index is 2.63. The summed E-state index contributed by atoms with van der Waals surface area (Å²) >= 11 is -0.158. The fraction of sp³-hybridized carbons (Fsp3) is 0.364. The average molecular weight is 263 g/mol. The van der Waals surface area contributed by atoms with Gasteiger partial charge in [0.2, 0.25) is 5.91 Å². The molecule has 0 saturated heterocycles. The molecule has 1 aromatic rings. The molecule has 0 aliphatic rings. The van der Waals surface area contributed by atoms with Gasteiger partial charge < -0.3 is 5.32 Å². The molecule has 94 valence electrons. The topological polar surface area (TPSA) is 29.1 Å². The Morgan fingerprint density at radius 2 is 2.12 bits per heavy atom. The molecule has 17 heavy (non-hydrogen) atoms. The molecule has 1 aromatic carbocycles. The molecule has 0 spiro atoms. The molecule has 0 unspecified atom stereocenters. The molecule has 0 atom stereocenters. The molecule has 2 nitrogen and oxygen atoms in total. The molecule has 0 fully saturated rings. The van der Waals surface area contributed by atoms with Crippen LogP contribution >= 0.6 is 11.8 Å². The minimum absolute atomic E-state index is 0.126. The van der Waals surface area contributed by atoms with E-state index >= 15 is 0 Å². The average Bonchev–Trinajstić information content (AvgIpc) is 2.24. The normalized spacial score (nSPS) is 11.3. The molecule has 0 aromatic heterocycles. The van der Waals surface area contributed by atoms with Crippen LogP contribution < -0.4 is 5.32 Å². The van der Waals surface area contributed by atoms with Gasteiger partial charge >= 0.3 is 5.51 Å². The number of halogens is 3. The van der Waals surface area contributed by atoms with Crippen molar-refractivity contribution < 1.29 is 18.0 Å². The first kappa shape index (κ1) is 13.9. The highest BCUT2D eigenvalue weighted by Crippen LogP contribution is 2.36. The van der Waals surface area contributed by atoms with Crippen LogP contribution in [0, 0.1) is 0 Å². The van der Waals surface area contributed by atoms with Gasteiger partial charge in [-0.05, 0) is 29.5 Å². The summed E-state index contributed by atoms with van der Waals surface area (Å²) in [6, 6.07) is 6.04. The van der Waals surface area contributed by atoms with Gasteiger partial charge in [-0.2, -0.15) is 13.2 Å². The molecule has 0 heterocycles. The first-order valence-corrected chi connectivity index (χ1v) is 5.83. The summed E-state index contributed by atoms with van der Waals surface area (Å²) in [6.07, 6.45) is 0.358. The molecule has 0 radical (unpaired) electrons. The summed E-state index contributed by atoms with van der Waals surface area (Å²) in [4.78, 5) is 11.1.